The normalized spacial score (nSPS) is 16.6. The molecule has 1 fully saturated rings. The lowest BCUT2D eigenvalue weighted by atomic mass is 10.1. The van der Waals surface area contributed by atoms with Crippen LogP contribution in [0.15, 0.2) is 0 Å². The minimum absolute atomic E-state index is 0.0374. The second-order valence-electron chi connectivity index (χ2n) is 5.57. The van der Waals surface area contributed by atoms with E-state index in [-0.39, 0.29) is 12.1 Å². The second kappa shape index (κ2) is 5.88. The van der Waals surface area contributed by atoms with Crippen LogP contribution in [0.25, 0.3) is 0 Å². The highest BCUT2D eigenvalue weighted by molar-refractivity contribution is 5.32. The van der Waals surface area contributed by atoms with Crippen molar-refractivity contribution in [3.63, 3.8) is 0 Å². The highest BCUT2D eigenvalue weighted by Gasteiger charge is 2.25. The van der Waals surface area contributed by atoms with Gasteiger partial charge in [0.25, 0.3) is 0 Å². The Labute approximate surface area is 119 Å². The Bertz CT molecular complexity index is 453. The fourth-order valence-electron chi connectivity index (χ4n) is 1.79. The Morgan fingerprint density at radius 1 is 1.20 bits per heavy atom. The molecule has 1 aromatic rings. The Morgan fingerprint density at radius 2 is 1.85 bits per heavy atom. The SMILES string of the molecule is CC(C)Oc1nc(N2CCOCC2)nc(C(C)(C)O)n1. The minimum Gasteiger partial charge on any atom is -0.461 e. The summed E-state index contributed by atoms with van der Waals surface area (Å²) in [5, 5.41) is 10.1. The molecule has 0 radical (unpaired) electrons. The van der Waals surface area contributed by atoms with Crippen LogP contribution in [0.1, 0.15) is 33.5 Å². The van der Waals surface area contributed by atoms with Crippen LogP contribution in [0, 0.1) is 0 Å². The maximum Gasteiger partial charge on any atom is 0.321 e. The monoisotopic (exact) mass is 282 g/mol. The van der Waals surface area contributed by atoms with Gasteiger partial charge in [-0.3, -0.25) is 0 Å². The molecule has 0 amide bonds. The number of rotatable bonds is 4. The number of hydrogen-bond acceptors (Lipinski definition) is 7. The first-order chi connectivity index (χ1) is 9.36. The van der Waals surface area contributed by atoms with Gasteiger partial charge in [0.2, 0.25) is 5.95 Å². The van der Waals surface area contributed by atoms with Crippen LogP contribution in [0.3, 0.4) is 0 Å². The Kier molecular flexibility index (Phi) is 4.39. The highest BCUT2D eigenvalue weighted by atomic mass is 16.5. The molecule has 0 atom stereocenters. The minimum atomic E-state index is -1.14. The van der Waals surface area contributed by atoms with Crippen molar-refractivity contribution in [3.8, 4) is 6.01 Å². The third-order valence-electron chi connectivity index (χ3n) is 2.79. The number of aromatic nitrogens is 3. The van der Waals surface area contributed by atoms with Gasteiger partial charge in [-0.05, 0) is 27.7 Å². The first-order valence-electron chi connectivity index (χ1n) is 6.84. The van der Waals surface area contributed by atoms with Gasteiger partial charge in [-0.25, -0.2) is 0 Å². The molecule has 0 aromatic carbocycles. The molecule has 7 heteroatoms. The first kappa shape index (κ1) is 14.9. The van der Waals surface area contributed by atoms with E-state index in [1.165, 1.54) is 0 Å². The summed E-state index contributed by atoms with van der Waals surface area (Å²) >= 11 is 0. The van der Waals surface area contributed by atoms with Crippen molar-refractivity contribution in [2.75, 3.05) is 31.2 Å². The van der Waals surface area contributed by atoms with Crippen LogP contribution in [-0.2, 0) is 10.3 Å². The Hall–Kier alpha value is -1.47. The van der Waals surface area contributed by atoms with E-state index < -0.39 is 5.60 Å². The third-order valence-corrected chi connectivity index (χ3v) is 2.79. The van der Waals surface area contributed by atoms with E-state index in [9.17, 15) is 5.11 Å². The topological polar surface area (TPSA) is 80.6 Å². The van der Waals surface area contributed by atoms with Crippen molar-refractivity contribution in [1.82, 2.24) is 15.0 Å². The van der Waals surface area contributed by atoms with Crippen molar-refractivity contribution < 1.29 is 14.6 Å². The van der Waals surface area contributed by atoms with Gasteiger partial charge in [0, 0.05) is 13.1 Å². The van der Waals surface area contributed by atoms with E-state index in [2.05, 4.69) is 15.0 Å². The summed E-state index contributed by atoms with van der Waals surface area (Å²) in [7, 11) is 0. The van der Waals surface area contributed by atoms with Gasteiger partial charge in [0.15, 0.2) is 5.82 Å². The third kappa shape index (κ3) is 3.77. The fourth-order valence-corrected chi connectivity index (χ4v) is 1.79. The molecule has 20 heavy (non-hydrogen) atoms. The summed E-state index contributed by atoms with van der Waals surface area (Å²) in [6.45, 7) is 9.82. The predicted octanol–water partition coefficient (Wildman–Crippen LogP) is 0.723. The highest BCUT2D eigenvalue weighted by Crippen LogP contribution is 2.21. The van der Waals surface area contributed by atoms with Crippen molar-refractivity contribution >= 4 is 5.95 Å². The fraction of sp³-hybridized carbons (Fsp3) is 0.769. The zero-order valence-corrected chi connectivity index (χ0v) is 12.5. The summed E-state index contributed by atoms with van der Waals surface area (Å²) < 4.78 is 10.9. The van der Waals surface area contributed by atoms with E-state index in [0.717, 1.165) is 13.1 Å². The van der Waals surface area contributed by atoms with Gasteiger partial charge < -0.3 is 19.5 Å². The molecule has 0 aliphatic carbocycles. The van der Waals surface area contributed by atoms with Crippen LogP contribution in [-0.4, -0.2) is 52.5 Å². The molecule has 0 unspecified atom stereocenters. The van der Waals surface area contributed by atoms with E-state index in [0.29, 0.717) is 25.0 Å². The number of ether oxygens (including phenoxy) is 2. The van der Waals surface area contributed by atoms with Gasteiger partial charge in [-0.1, -0.05) is 0 Å². The molecule has 2 rings (SSSR count). The van der Waals surface area contributed by atoms with E-state index >= 15 is 0 Å². The smallest absolute Gasteiger partial charge is 0.321 e. The Morgan fingerprint density at radius 3 is 2.40 bits per heavy atom. The summed E-state index contributed by atoms with van der Waals surface area (Å²) in [4.78, 5) is 14.9. The van der Waals surface area contributed by atoms with Gasteiger partial charge in [0.1, 0.15) is 5.60 Å². The molecule has 2 heterocycles. The number of hydrogen-bond donors (Lipinski definition) is 1. The number of morpholine rings is 1. The molecule has 0 spiro atoms. The molecule has 112 valence electrons. The van der Waals surface area contributed by atoms with Crippen LogP contribution < -0.4 is 9.64 Å². The second-order valence-corrected chi connectivity index (χ2v) is 5.57. The molecule has 1 N–H and O–H groups in total. The van der Waals surface area contributed by atoms with Crippen molar-refractivity contribution in [2.24, 2.45) is 0 Å². The number of aliphatic hydroxyl groups is 1. The summed E-state index contributed by atoms with van der Waals surface area (Å²) in [5.41, 5.74) is -1.14. The maximum atomic E-state index is 10.1. The first-order valence-corrected chi connectivity index (χ1v) is 6.84. The van der Waals surface area contributed by atoms with E-state index in [1.807, 2.05) is 18.7 Å². The lowest BCUT2D eigenvalue weighted by molar-refractivity contribution is 0.0665. The molecule has 0 saturated carbocycles. The maximum absolute atomic E-state index is 10.1. The number of nitrogens with zero attached hydrogens (tertiary/aromatic N) is 4. The van der Waals surface area contributed by atoms with Crippen LogP contribution >= 0.6 is 0 Å². The van der Waals surface area contributed by atoms with E-state index in [4.69, 9.17) is 9.47 Å². The summed E-state index contributed by atoms with van der Waals surface area (Å²) in [6.07, 6.45) is -0.0374. The van der Waals surface area contributed by atoms with Crippen molar-refractivity contribution in [1.29, 1.82) is 0 Å². The molecular formula is C13H22N4O3. The number of anilines is 1. The van der Waals surface area contributed by atoms with E-state index in [1.54, 1.807) is 13.8 Å². The van der Waals surface area contributed by atoms with Gasteiger partial charge >= 0.3 is 6.01 Å². The largest absolute Gasteiger partial charge is 0.461 e. The zero-order valence-electron chi connectivity index (χ0n) is 12.5. The molecular weight excluding hydrogens is 260 g/mol. The van der Waals surface area contributed by atoms with Crippen LogP contribution in [0.4, 0.5) is 5.95 Å². The molecule has 1 aliphatic heterocycles. The quantitative estimate of drug-likeness (QED) is 0.871. The molecule has 1 aromatic heterocycles. The summed E-state index contributed by atoms with van der Waals surface area (Å²) in [6, 6.07) is 0.244. The van der Waals surface area contributed by atoms with Gasteiger partial charge in [0.05, 0.1) is 19.3 Å². The molecule has 0 bridgehead atoms. The van der Waals surface area contributed by atoms with Crippen LogP contribution in [0.2, 0.25) is 0 Å². The standard InChI is InChI=1S/C13H22N4O3/c1-9(2)20-12-15-10(13(3,4)18)14-11(16-12)17-5-7-19-8-6-17/h9,18H,5-8H2,1-4H3. The predicted molar refractivity (Wildman–Crippen MR) is 73.9 cm³/mol. The van der Waals surface area contributed by atoms with Gasteiger partial charge in [-0.2, -0.15) is 15.0 Å². The lowest BCUT2D eigenvalue weighted by Gasteiger charge is -2.28. The molecule has 1 aliphatic rings. The molecule has 1 saturated heterocycles. The molecule has 7 nitrogen and oxygen atoms in total. The summed E-state index contributed by atoms with van der Waals surface area (Å²) in [5.74, 6) is 0.834. The average Bonchev–Trinajstić information content (AvgIpc) is 2.37. The zero-order chi connectivity index (χ0) is 14.8. The Balaban J connectivity index is 2.34. The average molecular weight is 282 g/mol. The van der Waals surface area contributed by atoms with Crippen molar-refractivity contribution in [2.45, 2.75) is 39.4 Å². The van der Waals surface area contributed by atoms with Gasteiger partial charge in [-0.15, -0.1) is 0 Å². The van der Waals surface area contributed by atoms with Crippen LogP contribution in [0.5, 0.6) is 6.01 Å². The van der Waals surface area contributed by atoms with Crippen molar-refractivity contribution in [3.05, 3.63) is 5.82 Å². The lowest BCUT2D eigenvalue weighted by Crippen LogP contribution is -2.38.